The number of nitrogens with zero attached hydrogens (tertiary/aromatic N) is 5. The van der Waals surface area contributed by atoms with Crippen LogP contribution in [0.1, 0.15) is 43.0 Å². The van der Waals surface area contributed by atoms with E-state index in [0.717, 1.165) is 43.5 Å². The van der Waals surface area contributed by atoms with Crippen LogP contribution in [0.4, 0.5) is 0 Å². The third-order valence-electron chi connectivity index (χ3n) is 4.80. The Morgan fingerprint density at radius 1 is 1.20 bits per heavy atom. The monoisotopic (exact) mass is 335 g/mol. The van der Waals surface area contributed by atoms with Gasteiger partial charge in [0.05, 0.1) is 11.7 Å². The molecular formula is C19H21N5O. The number of imidazole rings is 1. The normalized spacial score (nSPS) is 17.8. The average molecular weight is 335 g/mol. The van der Waals surface area contributed by atoms with Crippen LogP contribution >= 0.6 is 0 Å². The Balaban J connectivity index is 1.50. The molecule has 0 bridgehead atoms. The number of piperidine rings is 1. The summed E-state index contributed by atoms with van der Waals surface area (Å²) in [6, 6.07) is 5.98. The van der Waals surface area contributed by atoms with Gasteiger partial charge in [-0.1, -0.05) is 6.07 Å². The van der Waals surface area contributed by atoms with Crippen LogP contribution in [0.2, 0.25) is 0 Å². The SMILES string of the molecule is O=C(CCc1cccnc1)N1CCCC[C@@H]1c1ccn2ccnc2n1. The lowest BCUT2D eigenvalue weighted by Gasteiger charge is -2.35. The molecule has 3 aromatic heterocycles. The smallest absolute Gasteiger partial charge is 0.233 e. The largest absolute Gasteiger partial charge is 0.334 e. The summed E-state index contributed by atoms with van der Waals surface area (Å²) in [5, 5.41) is 0. The second-order valence-electron chi connectivity index (χ2n) is 6.45. The second kappa shape index (κ2) is 7.01. The van der Waals surface area contributed by atoms with Crippen LogP contribution in [0.15, 0.2) is 49.2 Å². The van der Waals surface area contributed by atoms with Crippen molar-refractivity contribution in [2.24, 2.45) is 0 Å². The molecule has 1 fully saturated rings. The van der Waals surface area contributed by atoms with E-state index in [9.17, 15) is 4.79 Å². The minimum Gasteiger partial charge on any atom is -0.334 e. The number of hydrogen-bond acceptors (Lipinski definition) is 4. The van der Waals surface area contributed by atoms with Crippen LogP contribution < -0.4 is 0 Å². The van der Waals surface area contributed by atoms with Crippen molar-refractivity contribution in [2.75, 3.05) is 6.54 Å². The van der Waals surface area contributed by atoms with Gasteiger partial charge >= 0.3 is 0 Å². The van der Waals surface area contributed by atoms with Crippen molar-refractivity contribution in [3.05, 3.63) is 60.4 Å². The number of aryl methyl sites for hydroxylation is 1. The Morgan fingerprint density at radius 3 is 3.04 bits per heavy atom. The molecule has 6 nitrogen and oxygen atoms in total. The Kier molecular flexibility index (Phi) is 4.41. The van der Waals surface area contributed by atoms with Gasteiger partial charge < -0.3 is 4.90 Å². The molecule has 1 saturated heterocycles. The number of pyridine rings is 1. The number of aromatic nitrogens is 4. The topological polar surface area (TPSA) is 63.4 Å². The molecule has 0 spiro atoms. The van der Waals surface area contributed by atoms with Crippen molar-refractivity contribution in [3.63, 3.8) is 0 Å². The maximum absolute atomic E-state index is 12.8. The molecule has 0 N–H and O–H groups in total. The highest BCUT2D eigenvalue weighted by Crippen LogP contribution is 2.30. The standard InChI is InChI=1S/C19H21N5O/c25-18(7-6-15-4-3-9-20-14-15)24-11-2-1-5-17(24)16-8-12-23-13-10-21-19(23)22-16/h3-4,8-10,12-14,17H,1-2,5-7,11H2/t17-/m1/s1. The zero-order valence-corrected chi connectivity index (χ0v) is 14.1. The summed E-state index contributed by atoms with van der Waals surface area (Å²) >= 11 is 0. The van der Waals surface area contributed by atoms with Crippen molar-refractivity contribution in [1.29, 1.82) is 0 Å². The Bertz CT molecular complexity index is 860. The fourth-order valence-corrected chi connectivity index (χ4v) is 3.48. The van der Waals surface area contributed by atoms with E-state index in [1.807, 2.05) is 46.1 Å². The molecule has 3 aromatic rings. The molecule has 1 aliphatic heterocycles. The minimum atomic E-state index is 0.0526. The summed E-state index contributed by atoms with van der Waals surface area (Å²) in [7, 11) is 0. The van der Waals surface area contributed by atoms with E-state index in [1.165, 1.54) is 0 Å². The Morgan fingerprint density at radius 2 is 2.16 bits per heavy atom. The highest BCUT2D eigenvalue weighted by molar-refractivity contribution is 5.77. The Hall–Kier alpha value is -2.76. The number of carbonyl (C=O) groups excluding carboxylic acids is 1. The van der Waals surface area contributed by atoms with Crippen molar-refractivity contribution >= 4 is 11.7 Å². The van der Waals surface area contributed by atoms with Crippen LogP contribution in [-0.2, 0) is 11.2 Å². The van der Waals surface area contributed by atoms with Crippen molar-refractivity contribution in [3.8, 4) is 0 Å². The molecule has 0 unspecified atom stereocenters. The Labute approximate surface area is 146 Å². The molecule has 6 heteroatoms. The van der Waals surface area contributed by atoms with Gasteiger partial charge in [-0.3, -0.25) is 14.2 Å². The van der Waals surface area contributed by atoms with Gasteiger partial charge in [0.1, 0.15) is 0 Å². The zero-order chi connectivity index (χ0) is 17.1. The van der Waals surface area contributed by atoms with Gasteiger partial charge in [-0.25, -0.2) is 9.97 Å². The van der Waals surface area contributed by atoms with Gasteiger partial charge in [-0.2, -0.15) is 0 Å². The fourth-order valence-electron chi connectivity index (χ4n) is 3.48. The molecule has 128 valence electrons. The van der Waals surface area contributed by atoms with Gasteiger partial charge in [-0.15, -0.1) is 0 Å². The summed E-state index contributed by atoms with van der Waals surface area (Å²) in [6.07, 6.45) is 13.5. The molecule has 25 heavy (non-hydrogen) atoms. The van der Waals surface area contributed by atoms with Crippen molar-refractivity contribution < 1.29 is 4.79 Å². The molecule has 1 atom stereocenters. The number of fused-ring (bicyclic) bond motifs is 1. The zero-order valence-electron chi connectivity index (χ0n) is 14.1. The van der Waals surface area contributed by atoms with E-state index in [2.05, 4.69) is 15.0 Å². The van der Waals surface area contributed by atoms with Crippen LogP contribution in [0, 0.1) is 0 Å². The van der Waals surface area contributed by atoms with Crippen molar-refractivity contribution in [2.45, 2.75) is 38.1 Å². The third-order valence-corrected chi connectivity index (χ3v) is 4.80. The van der Waals surface area contributed by atoms with Gasteiger partial charge in [-0.05, 0) is 43.4 Å². The van der Waals surface area contributed by atoms with Gasteiger partial charge in [0.15, 0.2) is 0 Å². The summed E-state index contributed by atoms with van der Waals surface area (Å²) in [5.74, 6) is 0.879. The van der Waals surface area contributed by atoms with Crippen molar-refractivity contribution in [1.82, 2.24) is 24.3 Å². The molecule has 1 amide bonds. The first-order chi connectivity index (χ1) is 12.3. The first-order valence-electron chi connectivity index (χ1n) is 8.79. The summed E-state index contributed by atoms with van der Waals surface area (Å²) < 4.78 is 1.89. The van der Waals surface area contributed by atoms with Crippen LogP contribution in [0.3, 0.4) is 0 Å². The molecule has 4 heterocycles. The van der Waals surface area contributed by atoms with Crippen LogP contribution in [0.25, 0.3) is 5.78 Å². The first-order valence-corrected chi connectivity index (χ1v) is 8.79. The van der Waals surface area contributed by atoms with E-state index in [4.69, 9.17) is 0 Å². The van der Waals surface area contributed by atoms with Crippen LogP contribution in [0.5, 0.6) is 0 Å². The lowest BCUT2D eigenvalue weighted by Crippen LogP contribution is -2.39. The lowest BCUT2D eigenvalue weighted by atomic mass is 9.98. The predicted molar refractivity (Wildman–Crippen MR) is 93.9 cm³/mol. The molecule has 4 rings (SSSR count). The lowest BCUT2D eigenvalue weighted by molar-refractivity contribution is -0.135. The number of hydrogen-bond donors (Lipinski definition) is 0. The van der Waals surface area contributed by atoms with Crippen LogP contribution in [-0.4, -0.2) is 36.7 Å². The molecule has 0 saturated carbocycles. The number of rotatable bonds is 4. The van der Waals surface area contributed by atoms with E-state index in [0.29, 0.717) is 12.2 Å². The summed E-state index contributed by atoms with van der Waals surface area (Å²) in [4.78, 5) is 27.9. The fraction of sp³-hybridized carbons (Fsp3) is 0.368. The number of amides is 1. The highest BCUT2D eigenvalue weighted by Gasteiger charge is 2.28. The van der Waals surface area contributed by atoms with E-state index in [-0.39, 0.29) is 11.9 Å². The average Bonchev–Trinajstić information content (AvgIpc) is 3.15. The van der Waals surface area contributed by atoms with Gasteiger partial charge in [0, 0.05) is 43.9 Å². The second-order valence-corrected chi connectivity index (χ2v) is 6.45. The molecule has 0 aromatic carbocycles. The summed E-state index contributed by atoms with van der Waals surface area (Å²) in [5.41, 5.74) is 2.04. The van der Waals surface area contributed by atoms with Gasteiger partial charge in [0.25, 0.3) is 0 Å². The maximum Gasteiger partial charge on any atom is 0.233 e. The molecule has 0 radical (unpaired) electrons. The predicted octanol–water partition coefficient (Wildman–Crippen LogP) is 2.81. The molecular weight excluding hydrogens is 314 g/mol. The van der Waals surface area contributed by atoms with E-state index >= 15 is 0 Å². The quantitative estimate of drug-likeness (QED) is 0.735. The first kappa shape index (κ1) is 15.7. The number of likely N-dealkylation sites (tertiary alicyclic amines) is 1. The highest BCUT2D eigenvalue weighted by atomic mass is 16.2. The minimum absolute atomic E-state index is 0.0526. The molecule has 0 aliphatic carbocycles. The number of carbonyl (C=O) groups is 1. The maximum atomic E-state index is 12.8. The third kappa shape index (κ3) is 3.38. The van der Waals surface area contributed by atoms with E-state index < -0.39 is 0 Å². The molecule has 1 aliphatic rings. The summed E-state index contributed by atoms with van der Waals surface area (Å²) in [6.45, 7) is 0.803. The van der Waals surface area contributed by atoms with E-state index in [1.54, 1.807) is 12.4 Å². The van der Waals surface area contributed by atoms with Gasteiger partial charge in [0.2, 0.25) is 11.7 Å².